The Hall–Kier alpha value is -1.85. The summed E-state index contributed by atoms with van der Waals surface area (Å²) in [6.45, 7) is 6.23. The van der Waals surface area contributed by atoms with Crippen molar-refractivity contribution in [3.63, 3.8) is 0 Å². The van der Waals surface area contributed by atoms with Crippen LogP contribution in [-0.2, 0) is 0 Å². The van der Waals surface area contributed by atoms with Gasteiger partial charge in [0, 0.05) is 12.6 Å². The smallest absolute Gasteiger partial charge is 0.276 e. The molecule has 18 heavy (non-hydrogen) atoms. The van der Waals surface area contributed by atoms with E-state index < -0.39 is 4.92 Å². The second kappa shape index (κ2) is 5.66. The van der Waals surface area contributed by atoms with Gasteiger partial charge in [0.1, 0.15) is 11.6 Å². The first kappa shape index (κ1) is 14.2. The summed E-state index contributed by atoms with van der Waals surface area (Å²) >= 11 is 0. The first-order valence-electron chi connectivity index (χ1n) is 6.06. The molecule has 0 saturated carbocycles. The van der Waals surface area contributed by atoms with Crippen LogP contribution in [0.2, 0.25) is 0 Å². The molecule has 0 spiro atoms. The molecule has 0 fully saturated rings. The number of nitrogens with zero attached hydrogens (tertiary/aromatic N) is 2. The molecule has 0 aliphatic carbocycles. The van der Waals surface area contributed by atoms with Crippen molar-refractivity contribution in [2.75, 3.05) is 17.7 Å². The molecule has 100 valence electrons. The molecule has 1 heterocycles. The van der Waals surface area contributed by atoms with Crippen molar-refractivity contribution in [1.29, 1.82) is 0 Å². The number of aromatic nitrogens is 1. The van der Waals surface area contributed by atoms with Crippen molar-refractivity contribution < 1.29 is 4.92 Å². The van der Waals surface area contributed by atoms with Gasteiger partial charge < -0.3 is 10.6 Å². The zero-order chi connectivity index (χ0) is 13.8. The number of rotatable bonds is 6. The molecule has 0 atom stereocenters. The Morgan fingerprint density at radius 2 is 1.89 bits per heavy atom. The van der Waals surface area contributed by atoms with E-state index in [1.54, 1.807) is 7.05 Å². The predicted molar refractivity (Wildman–Crippen MR) is 73.0 cm³/mol. The van der Waals surface area contributed by atoms with Crippen LogP contribution in [0.5, 0.6) is 0 Å². The van der Waals surface area contributed by atoms with E-state index in [2.05, 4.69) is 36.4 Å². The van der Waals surface area contributed by atoms with E-state index in [1.807, 2.05) is 0 Å². The first-order chi connectivity index (χ1) is 8.44. The van der Waals surface area contributed by atoms with Gasteiger partial charge in [-0.25, -0.2) is 4.98 Å². The zero-order valence-corrected chi connectivity index (χ0v) is 11.3. The van der Waals surface area contributed by atoms with Crippen LogP contribution in [0.4, 0.5) is 17.3 Å². The number of hydrogen-bond donors (Lipinski definition) is 2. The molecule has 0 bridgehead atoms. The molecule has 1 aromatic rings. The van der Waals surface area contributed by atoms with Crippen LogP contribution in [0.1, 0.15) is 33.6 Å². The Bertz CT molecular complexity index is 430. The summed E-state index contributed by atoms with van der Waals surface area (Å²) in [5.41, 5.74) is -0.0702. The summed E-state index contributed by atoms with van der Waals surface area (Å²) in [7, 11) is 1.69. The molecule has 6 heteroatoms. The maximum atomic E-state index is 10.8. The van der Waals surface area contributed by atoms with Crippen LogP contribution < -0.4 is 10.6 Å². The topological polar surface area (TPSA) is 80.1 Å². The molecule has 0 radical (unpaired) electrons. The van der Waals surface area contributed by atoms with Gasteiger partial charge in [0.05, 0.1) is 17.1 Å². The lowest BCUT2D eigenvalue weighted by Gasteiger charge is -2.28. The maximum Gasteiger partial charge on any atom is 0.276 e. The van der Waals surface area contributed by atoms with Gasteiger partial charge in [0.15, 0.2) is 0 Å². The third-order valence-electron chi connectivity index (χ3n) is 3.27. The van der Waals surface area contributed by atoms with Gasteiger partial charge in [-0.1, -0.05) is 13.8 Å². The minimum Gasteiger partial charge on any atom is -0.373 e. The third-order valence-corrected chi connectivity index (χ3v) is 3.27. The monoisotopic (exact) mass is 252 g/mol. The molecule has 0 aromatic carbocycles. The van der Waals surface area contributed by atoms with Crippen molar-refractivity contribution >= 4 is 17.3 Å². The second-order valence-electron chi connectivity index (χ2n) is 4.50. The number of pyridine rings is 1. The molecule has 0 amide bonds. The Morgan fingerprint density at radius 1 is 1.33 bits per heavy atom. The average molecular weight is 252 g/mol. The summed E-state index contributed by atoms with van der Waals surface area (Å²) in [5, 5.41) is 16.9. The van der Waals surface area contributed by atoms with Crippen LogP contribution in [0.15, 0.2) is 12.1 Å². The van der Waals surface area contributed by atoms with Crippen LogP contribution in [0, 0.1) is 10.1 Å². The van der Waals surface area contributed by atoms with Gasteiger partial charge >= 0.3 is 0 Å². The highest BCUT2D eigenvalue weighted by molar-refractivity contribution is 5.55. The molecule has 1 rings (SSSR count). The van der Waals surface area contributed by atoms with Crippen molar-refractivity contribution in [1.82, 2.24) is 4.98 Å². The van der Waals surface area contributed by atoms with E-state index >= 15 is 0 Å². The molecule has 6 nitrogen and oxygen atoms in total. The van der Waals surface area contributed by atoms with E-state index in [1.165, 1.54) is 12.1 Å². The van der Waals surface area contributed by atoms with Gasteiger partial charge in [0.2, 0.25) is 0 Å². The normalized spacial score (nSPS) is 11.1. The van der Waals surface area contributed by atoms with Crippen molar-refractivity contribution in [3.8, 4) is 0 Å². The number of anilines is 2. The molecule has 1 aromatic heterocycles. The van der Waals surface area contributed by atoms with E-state index in [0.717, 1.165) is 12.8 Å². The van der Waals surface area contributed by atoms with Crippen molar-refractivity contribution in [2.45, 2.75) is 39.2 Å². The molecule has 2 N–H and O–H groups in total. The second-order valence-corrected chi connectivity index (χ2v) is 4.50. The molecule has 0 aliphatic rings. The minimum absolute atomic E-state index is 0.0337. The van der Waals surface area contributed by atoms with Crippen molar-refractivity contribution in [2.24, 2.45) is 0 Å². The third kappa shape index (κ3) is 3.32. The number of nitrogens with one attached hydrogen (secondary N) is 2. The fourth-order valence-corrected chi connectivity index (χ4v) is 1.55. The summed E-state index contributed by atoms with van der Waals surface area (Å²) in [6, 6.07) is 2.88. The van der Waals surface area contributed by atoms with Crippen molar-refractivity contribution in [3.05, 3.63) is 22.2 Å². The van der Waals surface area contributed by atoms with Gasteiger partial charge in [-0.3, -0.25) is 10.1 Å². The van der Waals surface area contributed by atoms with Crippen LogP contribution in [-0.4, -0.2) is 22.5 Å². The van der Waals surface area contributed by atoms with Crippen LogP contribution in [0.25, 0.3) is 0 Å². The fourth-order valence-electron chi connectivity index (χ4n) is 1.55. The summed E-state index contributed by atoms with van der Waals surface area (Å²) < 4.78 is 0. The Labute approximate surface area is 107 Å². The lowest BCUT2D eigenvalue weighted by atomic mass is 9.95. The van der Waals surface area contributed by atoms with E-state index in [0.29, 0.717) is 11.6 Å². The summed E-state index contributed by atoms with van der Waals surface area (Å²) in [6.07, 6.45) is 1.84. The summed E-state index contributed by atoms with van der Waals surface area (Å²) in [5.74, 6) is 1.01. The van der Waals surface area contributed by atoms with Crippen LogP contribution >= 0.6 is 0 Å². The van der Waals surface area contributed by atoms with Gasteiger partial charge in [-0.05, 0) is 19.8 Å². The van der Waals surface area contributed by atoms with Gasteiger partial charge in [-0.2, -0.15) is 0 Å². The average Bonchev–Trinajstić information content (AvgIpc) is 2.38. The highest BCUT2D eigenvalue weighted by atomic mass is 16.6. The molecular formula is C12H20N4O2. The number of hydrogen-bond acceptors (Lipinski definition) is 5. The molecule has 0 unspecified atom stereocenters. The van der Waals surface area contributed by atoms with Crippen LogP contribution in [0.3, 0.4) is 0 Å². The highest BCUT2D eigenvalue weighted by Gasteiger charge is 2.21. The Morgan fingerprint density at radius 3 is 2.33 bits per heavy atom. The number of nitro groups is 1. The largest absolute Gasteiger partial charge is 0.373 e. The van der Waals surface area contributed by atoms with Gasteiger partial charge in [0.25, 0.3) is 5.69 Å². The lowest BCUT2D eigenvalue weighted by molar-refractivity contribution is -0.384. The summed E-state index contributed by atoms with van der Waals surface area (Å²) in [4.78, 5) is 14.7. The fraction of sp³-hybridized carbons (Fsp3) is 0.583. The lowest BCUT2D eigenvalue weighted by Crippen LogP contribution is -2.33. The predicted octanol–water partition coefficient (Wildman–Crippen LogP) is 3.02. The zero-order valence-electron chi connectivity index (χ0n) is 11.3. The SMILES string of the molecule is CCC(C)(CC)Nc1cc([N+](=O)[O-])cc(NC)n1. The maximum absolute atomic E-state index is 10.8. The minimum atomic E-state index is -0.414. The first-order valence-corrected chi connectivity index (χ1v) is 6.06. The van der Waals surface area contributed by atoms with E-state index in [4.69, 9.17) is 0 Å². The van der Waals surface area contributed by atoms with E-state index in [9.17, 15) is 10.1 Å². The van der Waals surface area contributed by atoms with Gasteiger partial charge in [-0.15, -0.1) is 0 Å². The molecular weight excluding hydrogens is 232 g/mol. The Balaban J connectivity index is 3.08. The standard InChI is InChI=1S/C12H20N4O2/c1-5-12(3,6-2)15-11-8-9(16(17)18)7-10(13-4)14-11/h7-8H,5-6H2,1-4H3,(H2,13,14,15). The molecule has 0 saturated heterocycles. The van der Waals surface area contributed by atoms with E-state index in [-0.39, 0.29) is 11.2 Å². The Kier molecular flexibility index (Phi) is 4.47. The quantitative estimate of drug-likeness (QED) is 0.601. The molecule has 0 aliphatic heterocycles. The highest BCUT2D eigenvalue weighted by Crippen LogP contribution is 2.25.